The van der Waals surface area contributed by atoms with Crippen LogP contribution in [-0.2, 0) is 6.54 Å². The third-order valence-electron chi connectivity index (χ3n) is 4.47. The first-order chi connectivity index (χ1) is 15.7. The third kappa shape index (κ3) is 6.10. The molecule has 2 N–H and O–H groups in total. The zero-order valence-electron chi connectivity index (χ0n) is 16.7. The summed E-state index contributed by atoms with van der Waals surface area (Å²) >= 11 is 0. The van der Waals surface area contributed by atoms with Gasteiger partial charge in [0.1, 0.15) is 23.5 Å². The van der Waals surface area contributed by atoms with Crippen LogP contribution in [0.5, 0.6) is 0 Å². The SMILES string of the molecule is N#Cc1ccc([C@@H](NC(=O)c2cc(C(=O)NCc3ccc(F)cc3)ncn2)C(F)(F)F)cc1. The molecule has 0 radical (unpaired) electrons. The normalized spacial score (nSPS) is 11.8. The number of amides is 2. The van der Waals surface area contributed by atoms with Gasteiger partial charge in [-0.2, -0.15) is 18.4 Å². The van der Waals surface area contributed by atoms with Crippen molar-refractivity contribution < 1.29 is 27.2 Å². The van der Waals surface area contributed by atoms with Crippen LogP contribution in [0.3, 0.4) is 0 Å². The summed E-state index contributed by atoms with van der Waals surface area (Å²) in [4.78, 5) is 32.2. The number of nitriles is 1. The molecule has 0 bridgehead atoms. The lowest BCUT2D eigenvalue weighted by molar-refractivity contribution is -0.155. The van der Waals surface area contributed by atoms with E-state index in [1.54, 1.807) is 6.07 Å². The standard InChI is InChI=1S/C22H15F4N5O2/c23-16-7-3-14(4-8-16)11-28-20(32)17-9-18(30-12-29-17)21(33)31-19(22(24,25)26)15-5-1-13(10-27)2-6-15/h1-9,12,19H,11H2,(H,28,32)(H,31,33)/t19-/m1/s1. The Kier molecular flexibility index (Phi) is 6.97. The van der Waals surface area contributed by atoms with Crippen LogP contribution in [0.1, 0.15) is 43.7 Å². The van der Waals surface area contributed by atoms with Gasteiger partial charge in [0.25, 0.3) is 11.8 Å². The van der Waals surface area contributed by atoms with Gasteiger partial charge in [-0.25, -0.2) is 14.4 Å². The molecule has 0 saturated carbocycles. The Labute approximate surface area is 185 Å². The first-order valence-electron chi connectivity index (χ1n) is 9.39. The van der Waals surface area contributed by atoms with Gasteiger partial charge >= 0.3 is 6.18 Å². The van der Waals surface area contributed by atoms with Crippen LogP contribution in [-0.4, -0.2) is 28.0 Å². The molecule has 2 aromatic carbocycles. The van der Waals surface area contributed by atoms with E-state index in [4.69, 9.17) is 5.26 Å². The molecule has 1 atom stereocenters. The quantitative estimate of drug-likeness (QED) is 0.552. The van der Waals surface area contributed by atoms with Crippen molar-refractivity contribution in [3.63, 3.8) is 0 Å². The largest absolute Gasteiger partial charge is 0.412 e. The number of alkyl halides is 3. The molecule has 0 unspecified atom stereocenters. The molecule has 1 aromatic heterocycles. The van der Waals surface area contributed by atoms with E-state index in [0.717, 1.165) is 24.5 Å². The van der Waals surface area contributed by atoms with Gasteiger partial charge in [-0.15, -0.1) is 0 Å². The van der Waals surface area contributed by atoms with Crippen LogP contribution in [0.25, 0.3) is 0 Å². The van der Waals surface area contributed by atoms with Gasteiger partial charge < -0.3 is 10.6 Å². The number of hydrogen-bond acceptors (Lipinski definition) is 5. The molecule has 0 saturated heterocycles. The van der Waals surface area contributed by atoms with Crippen LogP contribution in [0.2, 0.25) is 0 Å². The van der Waals surface area contributed by atoms with Crippen molar-refractivity contribution in [2.45, 2.75) is 18.8 Å². The summed E-state index contributed by atoms with van der Waals surface area (Å²) in [6.45, 7) is 0.0412. The van der Waals surface area contributed by atoms with E-state index >= 15 is 0 Å². The number of halogens is 4. The predicted octanol–water partition coefficient (Wildman–Crippen LogP) is 3.45. The van der Waals surface area contributed by atoms with Gasteiger partial charge in [0.15, 0.2) is 6.04 Å². The summed E-state index contributed by atoms with van der Waals surface area (Å²) in [5, 5.41) is 13.2. The number of rotatable bonds is 6. The molecule has 0 fully saturated rings. The highest BCUT2D eigenvalue weighted by Gasteiger charge is 2.42. The number of carbonyl (C=O) groups is 2. The minimum Gasteiger partial charge on any atom is -0.347 e. The van der Waals surface area contributed by atoms with Crippen molar-refractivity contribution in [3.8, 4) is 6.07 Å². The molecule has 2 amide bonds. The zero-order valence-corrected chi connectivity index (χ0v) is 16.7. The number of aromatic nitrogens is 2. The second-order valence-electron chi connectivity index (χ2n) is 6.78. The molecule has 7 nitrogen and oxygen atoms in total. The maximum absolute atomic E-state index is 13.6. The highest BCUT2D eigenvalue weighted by Crippen LogP contribution is 2.33. The molecule has 33 heavy (non-hydrogen) atoms. The molecule has 168 valence electrons. The van der Waals surface area contributed by atoms with E-state index in [1.807, 2.05) is 5.32 Å². The summed E-state index contributed by atoms with van der Waals surface area (Å²) in [5.41, 5.74) is -0.189. The van der Waals surface area contributed by atoms with Crippen molar-refractivity contribution in [3.05, 3.63) is 94.8 Å². The van der Waals surface area contributed by atoms with Crippen molar-refractivity contribution in [2.75, 3.05) is 0 Å². The fraction of sp³-hybridized carbons (Fsp3) is 0.136. The van der Waals surface area contributed by atoms with Crippen LogP contribution in [0, 0.1) is 17.1 Å². The topological polar surface area (TPSA) is 108 Å². The molecular formula is C22H15F4N5O2. The summed E-state index contributed by atoms with van der Waals surface area (Å²) in [5.74, 6) is -2.30. The minimum absolute atomic E-state index is 0.0412. The molecule has 11 heteroatoms. The number of nitrogens with zero attached hydrogens (tertiary/aromatic N) is 3. The molecule has 0 spiro atoms. The number of nitrogens with one attached hydrogen (secondary N) is 2. The van der Waals surface area contributed by atoms with Gasteiger partial charge in [0.2, 0.25) is 0 Å². The number of carbonyl (C=O) groups excluding carboxylic acids is 2. The lowest BCUT2D eigenvalue weighted by atomic mass is 10.0. The smallest absolute Gasteiger partial charge is 0.347 e. The van der Waals surface area contributed by atoms with Gasteiger partial charge in [-0.1, -0.05) is 24.3 Å². The van der Waals surface area contributed by atoms with Crippen molar-refractivity contribution in [2.24, 2.45) is 0 Å². The summed E-state index contributed by atoms with van der Waals surface area (Å²) < 4.78 is 53.6. The second-order valence-corrected chi connectivity index (χ2v) is 6.78. The lowest BCUT2D eigenvalue weighted by Crippen LogP contribution is -2.38. The Morgan fingerprint density at radius 2 is 1.58 bits per heavy atom. The summed E-state index contributed by atoms with van der Waals surface area (Å²) in [7, 11) is 0. The first kappa shape index (κ1) is 23.3. The molecule has 0 aliphatic heterocycles. The van der Waals surface area contributed by atoms with E-state index in [-0.39, 0.29) is 23.4 Å². The van der Waals surface area contributed by atoms with Crippen LogP contribution in [0.4, 0.5) is 17.6 Å². The maximum atomic E-state index is 13.6. The molecule has 3 rings (SSSR count). The van der Waals surface area contributed by atoms with E-state index in [1.165, 1.54) is 36.4 Å². The number of hydrogen-bond donors (Lipinski definition) is 2. The van der Waals surface area contributed by atoms with E-state index in [2.05, 4.69) is 15.3 Å². The predicted molar refractivity (Wildman–Crippen MR) is 107 cm³/mol. The third-order valence-corrected chi connectivity index (χ3v) is 4.47. The molecule has 0 aliphatic carbocycles. The Hall–Kier alpha value is -4.33. The van der Waals surface area contributed by atoms with Crippen molar-refractivity contribution in [1.82, 2.24) is 20.6 Å². The van der Waals surface area contributed by atoms with Gasteiger partial charge in [-0.3, -0.25) is 9.59 Å². The monoisotopic (exact) mass is 457 g/mol. The van der Waals surface area contributed by atoms with E-state index in [9.17, 15) is 27.2 Å². The van der Waals surface area contributed by atoms with Crippen LogP contribution < -0.4 is 10.6 Å². The van der Waals surface area contributed by atoms with Gasteiger partial charge in [0.05, 0.1) is 11.6 Å². The maximum Gasteiger partial charge on any atom is 0.412 e. The Balaban J connectivity index is 1.73. The van der Waals surface area contributed by atoms with E-state index < -0.39 is 35.5 Å². The molecule has 1 heterocycles. The summed E-state index contributed by atoms with van der Waals surface area (Å²) in [6.07, 6.45) is -3.95. The average molecular weight is 457 g/mol. The zero-order chi connectivity index (χ0) is 24.0. The molecular weight excluding hydrogens is 442 g/mol. The summed E-state index contributed by atoms with van der Waals surface area (Å²) in [6, 6.07) is 10.4. The fourth-order valence-corrected chi connectivity index (χ4v) is 2.79. The lowest BCUT2D eigenvalue weighted by Gasteiger charge is -2.22. The second kappa shape index (κ2) is 9.86. The van der Waals surface area contributed by atoms with Gasteiger partial charge in [0, 0.05) is 12.6 Å². The Morgan fingerprint density at radius 1 is 0.970 bits per heavy atom. The highest BCUT2D eigenvalue weighted by atomic mass is 19.4. The molecule has 3 aromatic rings. The van der Waals surface area contributed by atoms with Gasteiger partial charge in [-0.05, 0) is 35.4 Å². The van der Waals surface area contributed by atoms with Crippen molar-refractivity contribution >= 4 is 11.8 Å². The van der Waals surface area contributed by atoms with E-state index in [0.29, 0.717) is 5.56 Å². The minimum atomic E-state index is -4.83. The van der Waals surface area contributed by atoms with Crippen LogP contribution in [0.15, 0.2) is 60.9 Å². The highest BCUT2D eigenvalue weighted by molar-refractivity contribution is 5.97. The Bertz CT molecular complexity index is 1190. The van der Waals surface area contributed by atoms with Crippen LogP contribution >= 0.6 is 0 Å². The Morgan fingerprint density at radius 3 is 2.15 bits per heavy atom. The van der Waals surface area contributed by atoms with Crippen molar-refractivity contribution in [1.29, 1.82) is 5.26 Å². The fourth-order valence-electron chi connectivity index (χ4n) is 2.79. The average Bonchev–Trinajstić information content (AvgIpc) is 2.81. The first-order valence-corrected chi connectivity index (χ1v) is 9.39. The number of benzene rings is 2. The molecule has 0 aliphatic rings.